The highest BCUT2D eigenvalue weighted by Crippen LogP contribution is 2.24. The summed E-state index contributed by atoms with van der Waals surface area (Å²) in [5, 5.41) is 0. The molecule has 0 aliphatic carbocycles. The fourth-order valence-electron chi connectivity index (χ4n) is 1.85. The van der Waals surface area contributed by atoms with Gasteiger partial charge in [-0.1, -0.05) is 0 Å². The van der Waals surface area contributed by atoms with Gasteiger partial charge in [0, 0.05) is 36.0 Å². The Balaban J connectivity index is 2.26. The first-order chi connectivity index (χ1) is 8.22. The Labute approximate surface area is 105 Å². The van der Waals surface area contributed by atoms with Crippen molar-refractivity contribution >= 4 is 29.1 Å². The number of hydrogen-bond acceptors (Lipinski definition) is 5. The zero-order valence-corrected chi connectivity index (χ0v) is 10.6. The number of nitrogen functional groups attached to an aromatic ring is 1. The van der Waals surface area contributed by atoms with Crippen LogP contribution in [0.5, 0.6) is 0 Å². The molecule has 0 saturated carbocycles. The molecule has 17 heavy (non-hydrogen) atoms. The number of anilines is 2. The predicted molar refractivity (Wildman–Crippen MR) is 71.7 cm³/mol. The molecule has 1 heterocycles. The van der Waals surface area contributed by atoms with Crippen molar-refractivity contribution in [2.24, 2.45) is 0 Å². The molecule has 0 unspecified atom stereocenters. The fraction of sp³-hybridized carbons (Fsp3) is 0.417. The van der Waals surface area contributed by atoms with E-state index in [2.05, 4.69) is 4.90 Å². The highest BCUT2D eigenvalue weighted by molar-refractivity contribution is 7.99. The smallest absolute Gasteiger partial charge is 0.340 e. The van der Waals surface area contributed by atoms with Crippen molar-refractivity contribution in [1.82, 2.24) is 0 Å². The number of nitrogens with two attached hydrogens (primary N) is 1. The molecule has 1 aliphatic heterocycles. The molecule has 2 rings (SSSR count). The Morgan fingerprint density at radius 3 is 2.76 bits per heavy atom. The monoisotopic (exact) mass is 252 g/mol. The van der Waals surface area contributed by atoms with Crippen LogP contribution in [0, 0.1) is 0 Å². The number of esters is 1. The number of benzene rings is 1. The number of nitrogens with zero attached hydrogens (tertiary/aromatic N) is 1. The van der Waals surface area contributed by atoms with Gasteiger partial charge in [-0.3, -0.25) is 0 Å². The van der Waals surface area contributed by atoms with Crippen LogP contribution in [-0.2, 0) is 4.74 Å². The van der Waals surface area contributed by atoms with E-state index in [-0.39, 0.29) is 5.97 Å². The summed E-state index contributed by atoms with van der Waals surface area (Å²) in [6.45, 7) is 2.02. The molecule has 4 nitrogen and oxygen atoms in total. The van der Waals surface area contributed by atoms with Crippen LogP contribution in [0.2, 0.25) is 0 Å². The van der Waals surface area contributed by atoms with E-state index in [1.807, 2.05) is 23.9 Å². The first-order valence-corrected chi connectivity index (χ1v) is 6.68. The summed E-state index contributed by atoms with van der Waals surface area (Å²) in [4.78, 5) is 13.8. The summed E-state index contributed by atoms with van der Waals surface area (Å²) in [7, 11) is 1.37. The quantitative estimate of drug-likeness (QED) is 0.640. The van der Waals surface area contributed by atoms with Crippen molar-refractivity contribution in [2.45, 2.75) is 0 Å². The maximum atomic E-state index is 11.5. The number of thioether (sulfide) groups is 1. The summed E-state index contributed by atoms with van der Waals surface area (Å²) >= 11 is 1.95. The van der Waals surface area contributed by atoms with E-state index >= 15 is 0 Å². The van der Waals surface area contributed by atoms with E-state index in [1.165, 1.54) is 7.11 Å². The maximum Gasteiger partial charge on any atom is 0.340 e. The second-order valence-corrected chi connectivity index (χ2v) is 5.09. The first-order valence-electron chi connectivity index (χ1n) is 5.53. The molecular formula is C12H16N2O2S. The highest BCUT2D eigenvalue weighted by Gasteiger charge is 2.15. The van der Waals surface area contributed by atoms with Crippen molar-refractivity contribution in [3.63, 3.8) is 0 Å². The van der Waals surface area contributed by atoms with Gasteiger partial charge in [-0.15, -0.1) is 0 Å². The number of carbonyl (C=O) groups excluding carboxylic acids is 1. The lowest BCUT2D eigenvalue weighted by Crippen LogP contribution is -2.32. The van der Waals surface area contributed by atoms with Crippen LogP contribution in [0.3, 0.4) is 0 Å². The van der Waals surface area contributed by atoms with Crippen LogP contribution in [-0.4, -0.2) is 37.7 Å². The molecule has 0 radical (unpaired) electrons. The average Bonchev–Trinajstić information content (AvgIpc) is 2.39. The van der Waals surface area contributed by atoms with Crippen LogP contribution in [0.1, 0.15) is 10.4 Å². The van der Waals surface area contributed by atoms with E-state index in [1.54, 1.807) is 6.07 Å². The topological polar surface area (TPSA) is 55.6 Å². The van der Waals surface area contributed by atoms with Gasteiger partial charge in [-0.25, -0.2) is 4.79 Å². The van der Waals surface area contributed by atoms with Gasteiger partial charge in [-0.2, -0.15) is 11.8 Å². The Kier molecular flexibility index (Phi) is 3.78. The molecule has 0 bridgehead atoms. The van der Waals surface area contributed by atoms with Gasteiger partial charge in [-0.05, 0) is 18.2 Å². The highest BCUT2D eigenvalue weighted by atomic mass is 32.2. The van der Waals surface area contributed by atoms with Crippen LogP contribution in [0.15, 0.2) is 18.2 Å². The van der Waals surface area contributed by atoms with Gasteiger partial charge < -0.3 is 15.4 Å². The largest absolute Gasteiger partial charge is 0.465 e. The van der Waals surface area contributed by atoms with E-state index < -0.39 is 0 Å². The molecule has 1 fully saturated rings. The number of rotatable bonds is 2. The molecule has 0 spiro atoms. The van der Waals surface area contributed by atoms with Crippen molar-refractivity contribution < 1.29 is 9.53 Å². The summed E-state index contributed by atoms with van der Waals surface area (Å²) in [5.74, 6) is 1.87. The van der Waals surface area contributed by atoms with Crippen LogP contribution >= 0.6 is 11.8 Å². The first kappa shape index (κ1) is 12.1. The average molecular weight is 252 g/mol. The summed E-state index contributed by atoms with van der Waals surface area (Å²) < 4.78 is 4.72. The Morgan fingerprint density at radius 2 is 2.12 bits per heavy atom. The Bertz CT molecular complexity index is 417. The normalized spacial score (nSPS) is 15.7. The van der Waals surface area contributed by atoms with Gasteiger partial charge in [0.2, 0.25) is 0 Å². The number of ether oxygens (including phenoxy) is 1. The SMILES string of the molecule is COC(=O)c1cc(N2CCSCC2)ccc1N. The lowest BCUT2D eigenvalue weighted by Gasteiger charge is -2.28. The summed E-state index contributed by atoms with van der Waals surface area (Å²) in [6.07, 6.45) is 0. The van der Waals surface area contributed by atoms with Gasteiger partial charge in [0.15, 0.2) is 0 Å². The maximum absolute atomic E-state index is 11.5. The molecule has 5 heteroatoms. The summed E-state index contributed by atoms with van der Waals surface area (Å²) in [6, 6.07) is 5.54. The van der Waals surface area contributed by atoms with Crippen molar-refractivity contribution in [1.29, 1.82) is 0 Å². The predicted octanol–water partition coefficient (Wildman–Crippen LogP) is 1.61. The third-order valence-corrected chi connectivity index (χ3v) is 3.76. The van der Waals surface area contributed by atoms with Gasteiger partial charge in [0.1, 0.15) is 0 Å². The Morgan fingerprint density at radius 1 is 1.41 bits per heavy atom. The second kappa shape index (κ2) is 5.31. The van der Waals surface area contributed by atoms with Crippen molar-refractivity contribution in [3.05, 3.63) is 23.8 Å². The Hall–Kier alpha value is -1.36. The fourth-order valence-corrected chi connectivity index (χ4v) is 2.75. The molecule has 1 aromatic rings. The summed E-state index contributed by atoms with van der Waals surface area (Å²) in [5.41, 5.74) is 7.73. The van der Waals surface area contributed by atoms with E-state index in [4.69, 9.17) is 10.5 Å². The van der Waals surface area contributed by atoms with Crippen LogP contribution in [0.25, 0.3) is 0 Å². The lowest BCUT2D eigenvalue weighted by atomic mass is 10.1. The molecule has 0 aromatic heterocycles. The zero-order valence-electron chi connectivity index (χ0n) is 9.81. The third-order valence-electron chi connectivity index (χ3n) is 2.82. The van der Waals surface area contributed by atoms with Gasteiger partial charge in [0.05, 0.1) is 12.7 Å². The van der Waals surface area contributed by atoms with Crippen LogP contribution in [0.4, 0.5) is 11.4 Å². The minimum absolute atomic E-state index is 0.379. The second-order valence-electron chi connectivity index (χ2n) is 3.86. The van der Waals surface area contributed by atoms with Gasteiger partial charge in [0.25, 0.3) is 0 Å². The van der Waals surface area contributed by atoms with Crippen LogP contribution < -0.4 is 10.6 Å². The molecule has 1 aliphatic rings. The molecule has 92 valence electrons. The molecule has 1 aromatic carbocycles. The number of methoxy groups -OCH3 is 1. The zero-order chi connectivity index (χ0) is 12.3. The molecule has 1 saturated heterocycles. The van der Waals surface area contributed by atoms with E-state index in [0.717, 1.165) is 30.3 Å². The number of hydrogen-bond donors (Lipinski definition) is 1. The van der Waals surface area contributed by atoms with Gasteiger partial charge >= 0.3 is 5.97 Å². The number of carbonyl (C=O) groups is 1. The lowest BCUT2D eigenvalue weighted by molar-refractivity contribution is 0.0602. The minimum atomic E-state index is -0.379. The van der Waals surface area contributed by atoms with Crippen molar-refractivity contribution in [2.75, 3.05) is 42.3 Å². The molecular weight excluding hydrogens is 236 g/mol. The van der Waals surface area contributed by atoms with E-state index in [0.29, 0.717) is 11.3 Å². The molecule has 2 N–H and O–H groups in total. The molecule has 0 atom stereocenters. The van der Waals surface area contributed by atoms with E-state index in [9.17, 15) is 4.79 Å². The minimum Gasteiger partial charge on any atom is -0.465 e. The molecule has 0 amide bonds. The standard InChI is InChI=1S/C12H16N2O2S/c1-16-12(15)10-8-9(2-3-11(10)13)14-4-6-17-7-5-14/h2-3,8H,4-7,13H2,1H3. The van der Waals surface area contributed by atoms with Crippen molar-refractivity contribution in [3.8, 4) is 0 Å². The third kappa shape index (κ3) is 2.66.